The lowest BCUT2D eigenvalue weighted by molar-refractivity contribution is -0.120. The van der Waals surface area contributed by atoms with Crippen molar-refractivity contribution in [3.05, 3.63) is 52.1 Å². The van der Waals surface area contributed by atoms with Crippen LogP contribution in [-0.4, -0.2) is 35.3 Å². The zero-order valence-corrected chi connectivity index (χ0v) is 19.8. The zero-order chi connectivity index (χ0) is 22.2. The molecule has 0 bridgehead atoms. The molecule has 1 amide bonds. The monoisotopic (exact) mass is 484 g/mol. The SMILES string of the molecule is CCNC(=O)CCc1ccc(Nc2ncc(Br)c(NC(/C=C(\C)C3CC3)=NC)n2)cc1. The first-order valence-electron chi connectivity index (χ1n) is 10.6. The highest BCUT2D eigenvalue weighted by Crippen LogP contribution is 2.36. The summed E-state index contributed by atoms with van der Waals surface area (Å²) < 4.78 is 0.761. The number of benzene rings is 1. The van der Waals surface area contributed by atoms with Gasteiger partial charge >= 0.3 is 0 Å². The molecule has 2 aromatic rings. The van der Waals surface area contributed by atoms with Crippen molar-refractivity contribution in [1.29, 1.82) is 0 Å². The number of hydrogen-bond acceptors (Lipinski definition) is 5. The number of nitrogens with one attached hydrogen (secondary N) is 3. The van der Waals surface area contributed by atoms with E-state index in [4.69, 9.17) is 0 Å². The van der Waals surface area contributed by atoms with E-state index in [9.17, 15) is 4.79 Å². The first-order chi connectivity index (χ1) is 15.0. The molecule has 31 heavy (non-hydrogen) atoms. The molecule has 0 saturated heterocycles. The molecule has 3 rings (SSSR count). The Labute approximate surface area is 192 Å². The second-order valence-electron chi connectivity index (χ2n) is 7.56. The van der Waals surface area contributed by atoms with E-state index in [0.717, 1.165) is 21.6 Å². The Balaban J connectivity index is 1.63. The Bertz CT molecular complexity index is 967. The van der Waals surface area contributed by atoms with Crippen molar-refractivity contribution >= 4 is 45.1 Å². The van der Waals surface area contributed by atoms with Gasteiger partial charge in [-0.1, -0.05) is 17.7 Å². The van der Waals surface area contributed by atoms with Crippen molar-refractivity contribution in [2.75, 3.05) is 24.2 Å². The molecule has 8 heteroatoms. The molecule has 7 nitrogen and oxygen atoms in total. The fourth-order valence-electron chi connectivity index (χ4n) is 3.09. The van der Waals surface area contributed by atoms with Gasteiger partial charge in [-0.15, -0.1) is 0 Å². The van der Waals surface area contributed by atoms with E-state index in [1.165, 1.54) is 18.4 Å². The van der Waals surface area contributed by atoms with Gasteiger partial charge < -0.3 is 16.0 Å². The summed E-state index contributed by atoms with van der Waals surface area (Å²) >= 11 is 3.51. The topological polar surface area (TPSA) is 91.3 Å². The predicted octanol–water partition coefficient (Wildman–Crippen LogP) is 4.85. The minimum atomic E-state index is 0.0742. The van der Waals surface area contributed by atoms with Crippen LogP contribution >= 0.6 is 15.9 Å². The van der Waals surface area contributed by atoms with Crippen LogP contribution in [0.3, 0.4) is 0 Å². The van der Waals surface area contributed by atoms with Crippen molar-refractivity contribution in [1.82, 2.24) is 15.3 Å². The summed E-state index contributed by atoms with van der Waals surface area (Å²) in [4.78, 5) is 24.9. The van der Waals surface area contributed by atoms with Crippen LogP contribution in [-0.2, 0) is 11.2 Å². The van der Waals surface area contributed by atoms with Crippen LogP contribution in [0.5, 0.6) is 0 Å². The maximum absolute atomic E-state index is 11.6. The van der Waals surface area contributed by atoms with Crippen LogP contribution < -0.4 is 16.0 Å². The average molecular weight is 485 g/mol. The number of aromatic nitrogens is 2. The smallest absolute Gasteiger partial charge is 0.229 e. The average Bonchev–Trinajstić information content (AvgIpc) is 3.61. The van der Waals surface area contributed by atoms with Crippen molar-refractivity contribution in [3.8, 4) is 0 Å². The number of carbonyl (C=O) groups is 1. The van der Waals surface area contributed by atoms with E-state index in [2.05, 4.69) is 59.8 Å². The van der Waals surface area contributed by atoms with Crippen molar-refractivity contribution in [2.24, 2.45) is 10.9 Å². The van der Waals surface area contributed by atoms with Gasteiger partial charge in [0, 0.05) is 31.9 Å². The summed E-state index contributed by atoms with van der Waals surface area (Å²) in [5.41, 5.74) is 3.32. The Hall–Kier alpha value is -2.74. The molecule has 1 aromatic carbocycles. The number of carbonyl (C=O) groups excluding carboxylic acids is 1. The molecule has 0 spiro atoms. The summed E-state index contributed by atoms with van der Waals surface area (Å²) in [6.07, 6.45) is 7.51. The highest BCUT2D eigenvalue weighted by atomic mass is 79.9. The number of rotatable bonds is 9. The summed E-state index contributed by atoms with van der Waals surface area (Å²) in [5.74, 6) is 2.67. The molecule has 1 heterocycles. The molecule has 0 aliphatic heterocycles. The van der Waals surface area contributed by atoms with Gasteiger partial charge in [0.1, 0.15) is 5.84 Å². The van der Waals surface area contributed by atoms with Crippen LogP contribution in [0.4, 0.5) is 17.5 Å². The summed E-state index contributed by atoms with van der Waals surface area (Å²) in [5, 5.41) is 9.32. The number of halogens is 1. The fraction of sp³-hybridized carbons (Fsp3) is 0.391. The van der Waals surface area contributed by atoms with E-state index >= 15 is 0 Å². The molecule has 1 aromatic heterocycles. The van der Waals surface area contributed by atoms with E-state index in [-0.39, 0.29) is 5.91 Å². The summed E-state index contributed by atoms with van der Waals surface area (Å²) in [6, 6.07) is 7.94. The second-order valence-corrected chi connectivity index (χ2v) is 8.42. The number of aliphatic imine (C=N–C) groups is 1. The first kappa shape index (κ1) is 22.9. The number of amides is 1. The third-order valence-corrected chi connectivity index (χ3v) is 5.62. The molecule has 1 fully saturated rings. The lowest BCUT2D eigenvalue weighted by Gasteiger charge is -2.11. The molecular formula is C23H29BrN6O. The quantitative estimate of drug-likeness (QED) is 0.349. The van der Waals surface area contributed by atoms with Gasteiger partial charge in [-0.25, -0.2) is 4.98 Å². The molecule has 0 radical (unpaired) electrons. The van der Waals surface area contributed by atoms with Crippen molar-refractivity contribution < 1.29 is 4.79 Å². The number of anilines is 3. The minimum Gasteiger partial charge on any atom is -0.356 e. The molecule has 1 aliphatic carbocycles. The van der Waals surface area contributed by atoms with Gasteiger partial charge in [0.25, 0.3) is 0 Å². The van der Waals surface area contributed by atoms with E-state index in [0.29, 0.717) is 37.1 Å². The number of allylic oxidation sites excluding steroid dienone is 1. The number of nitrogens with zero attached hydrogens (tertiary/aromatic N) is 3. The standard InChI is InChI=1S/C23H29BrN6O/c1-4-26-21(31)12-7-16-5-10-18(11-6-16)28-23-27-14-19(24)22(30-23)29-20(25-3)13-15(2)17-8-9-17/h5-6,10-11,13-14,17H,4,7-9,12H2,1-3H3,(H,26,31)(H2,25,27,28,29,30)/b15-13+. The molecular weight excluding hydrogens is 456 g/mol. The van der Waals surface area contributed by atoms with Crippen molar-refractivity contribution in [2.45, 2.75) is 39.5 Å². The van der Waals surface area contributed by atoms with E-state index < -0.39 is 0 Å². The van der Waals surface area contributed by atoms with Gasteiger partial charge in [0.15, 0.2) is 5.82 Å². The Kier molecular flexibility index (Phi) is 8.17. The molecule has 1 saturated carbocycles. The first-order valence-corrected chi connectivity index (χ1v) is 11.3. The molecule has 1 aliphatic rings. The summed E-state index contributed by atoms with van der Waals surface area (Å²) in [7, 11) is 1.76. The van der Waals surface area contributed by atoms with Gasteiger partial charge in [-0.2, -0.15) is 4.98 Å². The van der Waals surface area contributed by atoms with Crippen molar-refractivity contribution in [3.63, 3.8) is 0 Å². The second kappa shape index (κ2) is 11.0. The third kappa shape index (κ3) is 7.17. The number of amidine groups is 1. The van der Waals surface area contributed by atoms with Gasteiger partial charge in [-0.05, 0) is 78.7 Å². The van der Waals surface area contributed by atoms with E-state index in [1.54, 1.807) is 13.2 Å². The highest BCUT2D eigenvalue weighted by Gasteiger charge is 2.23. The van der Waals surface area contributed by atoms with Gasteiger partial charge in [0.2, 0.25) is 11.9 Å². The zero-order valence-electron chi connectivity index (χ0n) is 18.2. The fourth-order valence-corrected chi connectivity index (χ4v) is 3.38. The predicted molar refractivity (Wildman–Crippen MR) is 130 cm³/mol. The molecule has 3 N–H and O–H groups in total. The lowest BCUT2D eigenvalue weighted by Crippen LogP contribution is -2.22. The van der Waals surface area contributed by atoms with E-state index in [1.807, 2.05) is 31.2 Å². The molecule has 0 atom stereocenters. The van der Waals surface area contributed by atoms with Crippen LogP contribution in [0, 0.1) is 5.92 Å². The van der Waals surface area contributed by atoms with Crippen LogP contribution in [0.2, 0.25) is 0 Å². The normalized spacial score (nSPS) is 14.3. The van der Waals surface area contributed by atoms with Crippen LogP contribution in [0.1, 0.15) is 38.7 Å². The van der Waals surface area contributed by atoms with Gasteiger partial charge in [-0.3, -0.25) is 9.79 Å². The third-order valence-electron chi connectivity index (χ3n) is 5.04. The largest absolute Gasteiger partial charge is 0.356 e. The lowest BCUT2D eigenvalue weighted by atomic mass is 10.1. The number of hydrogen-bond donors (Lipinski definition) is 3. The maximum atomic E-state index is 11.6. The minimum absolute atomic E-state index is 0.0742. The van der Waals surface area contributed by atoms with Crippen LogP contribution in [0.25, 0.3) is 0 Å². The Morgan fingerprint density at radius 3 is 2.68 bits per heavy atom. The highest BCUT2D eigenvalue weighted by molar-refractivity contribution is 9.10. The Morgan fingerprint density at radius 1 is 1.29 bits per heavy atom. The number of aryl methyl sites for hydroxylation is 1. The molecule has 0 unspecified atom stereocenters. The maximum Gasteiger partial charge on any atom is 0.229 e. The molecule has 164 valence electrons. The summed E-state index contributed by atoms with van der Waals surface area (Å²) in [6.45, 7) is 4.73. The Morgan fingerprint density at radius 2 is 2.03 bits per heavy atom. The van der Waals surface area contributed by atoms with Gasteiger partial charge in [0.05, 0.1) is 4.47 Å². The van der Waals surface area contributed by atoms with Crippen LogP contribution in [0.15, 0.2) is 51.6 Å².